The lowest BCUT2D eigenvalue weighted by atomic mass is 10.1. The van der Waals surface area contributed by atoms with Crippen molar-refractivity contribution in [2.75, 3.05) is 11.1 Å². The van der Waals surface area contributed by atoms with Crippen molar-refractivity contribution in [3.8, 4) is 0 Å². The van der Waals surface area contributed by atoms with E-state index in [4.69, 9.17) is 17.3 Å². The molecular formula is C18H14ClN5O2S. The number of nitrogens with one attached hydrogen (secondary N) is 1. The monoisotopic (exact) mass is 399 g/mol. The van der Waals surface area contributed by atoms with Gasteiger partial charge in [0.25, 0.3) is 10.0 Å². The van der Waals surface area contributed by atoms with E-state index in [1.165, 1.54) is 6.07 Å². The van der Waals surface area contributed by atoms with Gasteiger partial charge < -0.3 is 11.1 Å². The molecule has 0 aliphatic carbocycles. The summed E-state index contributed by atoms with van der Waals surface area (Å²) in [7, 11) is -3.98. The number of benzene rings is 3. The van der Waals surface area contributed by atoms with Crippen LogP contribution < -0.4 is 11.1 Å². The molecule has 0 radical (unpaired) electrons. The number of nitrogen functional groups attached to an aromatic ring is 1. The van der Waals surface area contributed by atoms with Gasteiger partial charge in [0.1, 0.15) is 0 Å². The van der Waals surface area contributed by atoms with Gasteiger partial charge in [-0.15, -0.1) is 9.19 Å². The average Bonchev–Trinajstić information content (AvgIpc) is 3.04. The van der Waals surface area contributed by atoms with Gasteiger partial charge in [0.05, 0.1) is 4.90 Å². The van der Waals surface area contributed by atoms with Gasteiger partial charge in [0.2, 0.25) is 11.9 Å². The smallest absolute Gasteiger partial charge is 0.286 e. The molecule has 3 N–H and O–H groups in total. The van der Waals surface area contributed by atoms with Gasteiger partial charge in [-0.25, -0.2) is 0 Å². The minimum absolute atomic E-state index is 0.0687. The Hall–Kier alpha value is -3.10. The third kappa shape index (κ3) is 3.32. The molecule has 7 nitrogen and oxygen atoms in total. The summed E-state index contributed by atoms with van der Waals surface area (Å²) in [6.45, 7) is 0. The molecule has 9 heteroatoms. The van der Waals surface area contributed by atoms with Crippen LogP contribution in [0.25, 0.3) is 10.8 Å². The van der Waals surface area contributed by atoms with Crippen LogP contribution in [0.1, 0.15) is 0 Å². The zero-order valence-corrected chi connectivity index (χ0v) is 15.4. The van der Waals surface area contributed by atoms with Crippen LogP contribution in [0.3, 0.4) is 0 Å². The molecule has 1 heterocycles. The van der Waals surface area contributed by atoms with Gasteiger partial charge in [0.15, 0.2) is 0 Å². The summed E-state index contributed by atoms with van der Waals surface area (Å²) in [6, 6.07) is 19.1. The normalized spacial score (nSPS) is 11.6. The Bertz CT molecular complexity index is 1240. The van der Waals surface area contributed by atoms with Gasteiger partial charge in [-0.1, -0.05) is 41.9 Å². The van der Waals surface area contributed by atoms with Crippen LogP contribution in [-0.2, 0) is 10.0 Å². The molecule has 0 saturated heterocycles. The molecule has 4 rings (SSSR count). The van der Waals surface area contributed by atoms with Gasteiger partial charge in [0, 0.05) is 10.7 Å². The van der Waals surface area contributed by atoms with Crippen LogP contribution in [0.5, 0.6) is 0 Å². The fraction of sp³-hybridized carbons (Fsp3) is 0. The summed E-state index contributed by atoms with van der Waals surface area (Å²) in [6.07, 6.45) is 0. The summed E-state index contributed by atoms with van der Waals surface area (Å²) >= 11 is 5.85. The van der Waals surface area contributed by atoms with Crippen LogP contribution >= 0.6 is 11.6 Å². The SMILES string of the molecule is Nc1nc(Nc2ccc(Cl)cc2)nn1S(=O)(=O)c1ccc2ccccc2c1. The van der Waals surface area contributed by atoms with E-state index in [2.05, 4.69) is 15.4 Å². The lowest BCUT2D eigenvalue weighted by Gasteiger charge is -2.06. The summed E-state index contributed by atoms with van der Waals surface area (Å²) in [5.74, 6) is -0.168. The quantitative estimate of drug-likeness (QED) is 0.543. The fourth-order valence-corrected chi connectivity index (χ4v) is 3.94. The highest BCUT2D eigenvalue weighted by Crippen LogP contribution is 2.23. The van der Waals surface area contributed by atoms with Crippen LogP contribution in [0.2, 0.25) is 5.02 Å². The first-order valence-corrected chi connectivity index (χ1v) is 9.75. The highest BCUT2D eigenvalue weighted by atomic mass is 35.5. The molecule has 3 aromatic carbocycles. The molecule has 0 fully saturated rings. The van der Waals surface area contributed by atoms with Crippen LogP contribution in [0.4, 0.5) is 17.6 Å². The molecule has 27 heavy (non-hydrogen) atoms. The van der Waals surface area contributed by atoms with Crippen molar-refractivity contribution in [3.63, 3.8) is 0 Å². The van der Waals surface area contributed by atoms with E-state index in [0.29, 0.717) is 10.7 Å². The first kappa shape index (κ1) is 17.3. The molecule has 0 aliphatic heterocycles. The van der Waals surface area contributed by atoms with Crippen molar-refractivity contribution in [1.29, 1.82) is 0 Å². The predicted octanol–water partition coefficient (Wildman–Crippen LogP) is 3.65. The predicted molar refractivity (Wildman–Crippen MR) is 106 cm³/mol. The summed E-state index contributed by atoms with van der Waals surface area (Å²) in [4.78, 5) is 4.07. The first-order valence-electron chi connectivity index (χ1n) is 7.93. The Balaban J connectivity index is 1.70. The molecular weight excluding hydrogens is 386 g/mol. The summed E-state index contributed by atoms with van der Waals surface area (Å²) in [5, 5.41) is 9.23. The van der Waals surface area contributed by atoms with Gasteiger partial charge in [-0.2, -0.15) is 13.4 Å². The lowest BCUT2D eigenvalue weighted by molar-refractivity contribution is 0.581. The molecule has 0 unspecified atom stereocenters. The number of halogens is 1. The first-order chi connectivity index (χ1) is 12.9. The molecule has 0 spiro atoms. The van der Waals surface area contributed by atoms with Crippen molar-refractivity contribution >= 4 is 50.0 Å². The number of hydrogen-bond acceptors (Lipinski definition) is 6. The van der Waals surface area contributed by atoms with Crippen molar-refractivity contribution in [2.45, 2.75) is 4.90 Å². The van der Waals surface area contributed by atoms with Gasteiger partial charge in [-0.3, -0.25) is 0 Å². The molecule has 0 aliphatic rings. The molecule has 1 aromatic heterocycles. The van der Waals surface area contributed by atoms with E-state index < -0.39 is 10.0 Å². The standard InChI is InChI=1S/C18H14ClN5O2S/c19-14-6-8-15(9-7-14)21-18-22-17(20)24(23-18)27(25,26)16-10-5-12-3-1-2-4-13(12)11-16/h1-11H,(H3,20,21,22,23). The Morgan fingerprint density at radius 1 is 0.963 bits per heavy atom. The largest absolute Gasteiger partial charge is 0.367 e. The Morgan fingerprint density at radius 3 is 2.41 bits per heavy atom. The third-order valence-corrected chi connectivity index (χ3v) is 5.77. The minimum Gasteiger partial charge on any atom is -0.367 e. The van der Waals surface area contributed by atoms with E-state index in [0.717, 1.165) is 14.9 Å². The molecule has 0 bridgehead atoms. The van der Waals surface area contributed by atoms with Crippen molar-refractivity contribution < 1.29 is 8.42 Å². The lowest BCUT2D eigenvalue weighted by Crippen LogP contribution is -2.17. The molecule has 4 aromatic rings. The number of anilines is 3. The average molecular weight is 400 g/mol. The number of aromatic nitrogens is 3. The second-order valence-corrected chi connectivity index (χ2v) is 7.99. The zero-order chi connectivity index (χ0) is 19.0. The van der Waals surface area contributed by atoms with Gasteiger partial charge in [-0.05, 0) is 47.2 Å². The number of fused-ring (bicyclic) bond motifs is 1. The van der Waals surface area contributed by atoms with Crippen molar-refractivity contribution in [3.05, 3.63) is 71.8 Å². The van der Waals surface area contributed by atoms with Crippen molar-refractivity contribution in [2.24, 2.45) is 0 Å². The summed E-state index contributed by atoms with van der Waals surface area (Å²) < 4.78 is 26.6. The third-order valence-electron chi connectivity index (χ3n) is 3.95. The zero-order valence-electron chi connectivity index (χ0n) is 13.9. The maximum absolute atomic E-state index is 12.9. The molecule has 136 valence electrons. The number of nitrogens with zero attached hydrogens (tertiary/aromatic N) is 3. The minimum atomic E-state index is -3.98. The van der Waals surface area contributed by atoms with Crippen LogP contribution in [-0.4, -0.2) is 22.6 Å². The van der Waals surface area contributed by atoms with Crippen LogP contribution in [0.15, 0.2) is 71.6 Å². The maximum Gasteiger partial charge on any atom is 0.286 e. The molecule has 0 saturated carbocycles. The molecule has 0 atom stereocenters. The highest BCUT2D eigenvalue weighted by Gasteiger charge is 2.23. The van der Waals surface area contributed by atoms with Crippen LogP contribution in [0, 0.1) is 0 Å². The second kappa shape index (κ2) is 6.57. The maximum atomic E-state index is 12.9. The summed E-state index contributed by atoms with van der Waals surface area (Å²) in [5.41, 5.74) is 6.46. The van der Waals surface area contributed by atoms with E-state index in [-0.39, 0.29) is 16.8 Å². The van der Waals surface area contributed by atoms with E-state index in [9.17, 15) is 8.42 Å². The van der Waals surface area contributed by atoms with E-state index in [1.807, 2.05) is 24.3 Å². The number of nitrogens with two attached hydrogens (primary N) is 1. The Labute approximate surface area is 160 Å². The number of rotatable bonds is 4. The fourth-order valence-electron chi connectivity index (χ4n) is 2.63. The number of hydrogen-bond donors (Lipinski definition) is 2. The Morgan fingerprint density at radius 2 is 1.67 bits per heavy atom. The van der Waals surface area contributed by atoms with Gasteiger partial charge >= 0.3 is 0 Å². The van der Waals surface area contributed by atoms with E-state index in [1.54, 1.807) is 36.4 Å². The van der Waals surface area contributed by atoms with Crippen molar-refractivity contribution in [1.82, 2.24) is 14.2 Å². The van der Waals surface area contributed by atoms with E-state index >= 15 is 0 Å². The molecule has 0 amide bonds. The topological polar surface area (TPSA) is 103 Å². The second-order valence-electron chi connectivity index (χ2n) is 5.78. The Kier molecular flexibility index (Phi) is 4.21. The highest BCUT2D eigenvalue weighted by molar-refractivity contribution is 7.90.